The van der Waals surface area contributed by atoms with Gasteiger partial charge in [0.25, 0.3) is 0 Å². The molecule has 0 unspecified atom stereocenters. The van der Waals surface area contributed by atoms with E-state index in [1.807, 2.05) is 0 Å². The van der Waals surface area contributed by atoms with Crippen LogP contribution < -0.4 is 11.1 Å². The summed E-state index contributed by atoms with van der Waals surface area (Å²) in [6, 6.07) is 6.01. The monoisotopic (exact) mass is 204 g/mol. The minimum absolute atomic E-state index is 0.267. The van der Waals surface area contributed by atoms with Crippen molar-refractivity contribution in [3.05, 3.63) is 66.8 Å². The lowest BCUT2D eigenvalue weighted by Crippen LogP contribution is -1.96. The van der Waals surface area contributed by atoms with E-state index in [0.29, 0.717) is 11.4 Å². The molecule has 1 rings (SSSR count). The Hall–Kier alpha value is -2.03. The third-order valence-corrected chi connectivity index (χ3v) is 1.65. The second-order valence-electron chi connectivity index (χ2n) is 3.07. The molecule has 3 heteroatoms. The highest BCUT2D eigenvalue weighted by molar-refractivity contribution is 5.50. The molecule has 0 aliphatic heterocycles. The molecule has 0 heterocycles. The van der Waals surface area contributed by atoms with E-state index in [1.54, 1.807) is 24.3 Å². The fourth-order valence-electron chi connectivity index (χ4n) is 0.968. The van der Waals surface area contributed by atoms with E-state index in [1.165, 1.54) is 12.1 Å². The van der Waals surface area contributed by atoms with Crippen LogP contribution >= 0.6 is 0 Å². The minimum atomic E-state index is -0.267. The van der Waals surface area contributed by atoms with Gasteiger partial charge in [0.2, 0.25) is 0 Å². The Labute approximate surface area is 88.6 Å². The number of halogens is 1. The second-order valence-corrected chi connectivity index (χ2v) is 3.07. The predicted octanol–water partition coefficient (Wildman–Crippen LogP) is 2.78. The van der Waals surface area contributed by atoms with E-state index in [4.69, 9.17) is 5.73 Å². The van der Waals surface area contributed by atoms with Gasteiger partial charge in [0.1, 0.15) is 5.82 Å². The van der Waals surface area contributed by atoms with Gasteiger partial charge >= 0.3 is 0 Å². The predicted molar refractivity (Wildman–Crippen MR) is 61.6 cm³/mol. The first kappa shape index (κ1) is 11.0. The summed E-state index contributed by atoms with van der Waals surface area (Å²) in [6.07, 6.45) is 3.34. The highest BCUT2D eigenvalue weighted by atomic mass is 19.1. The van der Waals surface area contributed by atoms with Crippen molar-refractivity contribution in [2.24, 2.45) is 5.73 Å². The average Bonchev–Trinajstić information content (AvgIpc) is 2.19. The van der Waals surface area contributed by atoms with Crippen LogP contribution in [0.15, 0.2) is 61.0 Å². The van der Waals surface area contributed by atoms with Gasteiger partial charge in [0, 0.05) is 17.1 Å². The molecule has 15 heavy (non-hydrogen) atoms. The quantitative estimate of drug-likeness (QED) is 0.740. The number of benzene rings is 1. The molecule has 0 bridgehead atoms. The van der Waals surface area contributed by atoms with Gasteiger partial charge in [-0.3, -0.25) is 0 Å². The van der Waals surface area contributed by atoms with E-state index >= 15 is 0 Å². The lowest BCUT2D eigenvalue weighted by molar-refractivity contribution is 0.628. The number of hydrogen-bond acceptors (Lipinski definition) is 2. The highest BCUT2D eigenvalue weighted by Crippen LogP contribution is 2.10. The average molecular weight is 204 g/mol. The molecule has 2 nitrogen and oxygen atoms in total. The molecule has 0 fully saturated rings. The molecule has 0 amide bonds. The van der Waals surface area contributed by atoms with Crippen LogP contribution in [0.1, 0.15) is 0 Å². The topological polar surface area (TPSA) is 38.0 Å². The number of rotatable bonds is 4. The zero-order valence-corrected chi connectivity index (χ0v) is 8.33. The number of hydrogen-bond donors (Lipinski definition) is 2. The SMILES string of the molecule is C=C(N)/C=C\C(=C)Nc1ccc(F)cc1. The number of anilines is 1. The van der Waals surface area contributed by atoms with Crippen LogP contribution in [0.4, 0.5) is 10.1 Å². The summed E-state index contributed by atoms with van der Waals surface area (Å²) in [7, 11) is 0. The van der Waals surface area contributed by atoms with Crippen molar-refractivity contribution in [3.63, 3.8) is 0 Å². The zero-order valence-electron chi connectivity index (χ0n) is 8.33. The molecule has 78 valence electrons. The first-order chi connectivity index (χ1) is 7.08. The van der Waals surface area contributed by atoms with E-state index < -0.39 is 0 Å². The van der Waals surface area contributed by atoms with Crippen molar-refractivity contribution in [3.8, 4) is 0 Å². The van der Waals surface area contributed by atoms with Gasteiger partial charge in [-0.25, -0.2) is 4.39 Å². The Bertz CT molecular complexity index is 391. The fraction of sp³-hybridized carbons (Fsp3) is 0. The number of nitrogens with two attached hydrogens (primary N) is 1. The van der Waals surface area contributed by atoms with Crippen molar-refractivity contribution < 1.29 is 4.39 Å². The summed E-state index contributed by atoms with van der Waals surface area (Å²) in [5.41, 5.74) is 7.24. The first-order valence-corrected chi connectivity index (χ1v) is 4.42. The molecule has 0 atom stereocenters. The smallest absolute Gasteiger partial charge is 0.123 e. The summed E-state index contributed by atoms with van der Waals surface area (Å²) in [5, 5.41) is 2.98. The molecule has 3 N–H and O–H groups in total. The first-order valence-electron chi connectivity index (χ1n) is 4.42. The molecule has 0 aliphatic carbocycles. The van der Waals surface area contributed by atoms with Crippen molar-refractivity contribution >= 4 is 5.69 Å². The van der Waals surface area contributed by atoms with Crippen molar-refractivity contribution in [2.45, 2.75) is 0 Å². The Morgan fingerprint density at radius 2 is 1.80 bits per heavy atom. The van der Waals surface area contributed by atoms with Crippen LogP contribution in [0.2, 0.25) is 0 Å². The largest absolute Gasteiger partial charge is 0.399 e. The van der Waals surface area contributed by atoms with Gasteiger partial charge in [-0.05, 0) is 36.4 Å². The van der Waals surface area contributed by atoms with Gasteiger partial charge in [0.05, 0.1) is 0 Å². The highest BCUT2D eigenvalue weighted by Gasteiger charge is 1.93. The molecular formula is C12H13FN2. The Balaban J connectivity index is 2.59. The summed E-state index contributed by atoms with van der Waals surface area (Å²) in [5.74, 6) is -0.267. The van der Waals surface area contributed by atoms with Gasteiger partial charge in [-0.1, -0.05) is 13.2 Å². The Morgan fingerprint density at radius 3 is 2.33 bits per heavy atom. The third kappa shape index (κ3) is 4.13. The zero-order chi connectivity index (χ0) is 11.3. The van der Waals surface area contributed by atoms with Gasteiger partial charge in [0.15, 0.2) is 0 Å². The molecular weight excluding hydrogens is 191 g/mol. The van der Waals surface area contributed by atoms with Crippen molar-refractivity contribution in [2.75, 3.05) is 5.32 Å². The summed E-state index contributed by atoms with van der Waals surface area (Å²) in [6.45, 7) is 7.27. The molecule has 0 spiro atoms. The fourth-order valence-corrected chi connectivity index (χ4v) is 0.968. The maximum Gasteiger partial charge on any atom is 0.123 e. The van der Waals surface area contributed by atoms with E-state index in [-0.39, 0.29) is 5.82 Å². The molecule has 1 aromatic rings. The van der Waals surface area contributed by atoms with Gasteiger partial charge in [-0.2, -0.15) is 0 Å². The van der Waals surface area contributed by atoms with Gasteiger partial charge < -0.3 is 11.1 Å². The normalized spacial score (nSPS) is 10.2. The van der Waals surface area contributed by atoms with E-state index in [0.717, 1.165) is 5.69 Å². The van der Waals surface area contributed by atoms with Crippen LogP contribution in [-0.4, -0.2) is 0 Å². The van der Waals surface area contributed by atoms with E-state index in [2.05, 4.69) is 18.5 Å². The van der Waals surface area contributed by atoms with Gasteiger partial charge in [-0.15, -0.1) is 0 Å². The number of nitrogens with one attached hydrogen (secondary N) is 1. The standard InChI is InChI=1S/C12H13FN2/c1-9(14)3-4-10(2)15-12-7-5-11(13)6-8-12/h3-8,15H,1-2,14H2/b4-3-. The van der Waals surface area contributed by atoms with Crippen LogP contribution in [0, 0.1) is 5.82 Å². The van der Waals surface area contributed by atoms with Crippen molar-refractivity contribution in [1.82, 2.24) is 0 Å². The maximum atomic E-state index is 12.6. The van der Waals surface area contributed by atoms with Crippen LogP contribution in [-0.2, 0) is 0 Å². The molecule has 0 aliphatic rings. The van der Waals surface area contributed by atoms with Crippen LogP contribution in [0.25, 0.3) is 0 Å². The molecule has 0 saturated carbocycles. The Morgan fingerprint density at radius 1 is 1.20 bits per heavy atom. The van der Waals surface area contributed by atoms with Crippen LogP contribution in [0.5, 0.6) is 0 Å². The summed E-state index contributed by atoms with van der Waals surface area (Å²) < 4.78 is 12.6. The van der Waals surface area contributed by atoms with Crippen LogP contribution in [0.3, 0.4) is 0 Å². The van der Waals surface area contributed by atoms with E-state index in [9.17, 15) is 4.39 Å². The summed E-state index contributed by atoms with van der Waals surface area (Å²) >= 11 is 0. The molecule has 0 radical (unpaired) electrons. The lowest BCUT2D eigenvalue weighted by atomic mass is 10.3. The summed E-state index contributed by atoms with van der Waals surface area (Å²) in [4.78, 5) is 0. The maximum absolute atomic E-state index is 12.6. The molecule has 0 aromatic heterocycles. The minimum Gasteiger partial charge on any atom is -0.399 e. The lowest BCUT2D eigenvalue weighted by Gasteiger charge is -2.05. The number of allylic oxidation sites excluding steroid dienone is 2. The molecule has 0 saturated heterocycles. The molecule has 1 aromatic carbocycles. The van der Waals surface area contributed by atoms with Crippen molar-refractivity contribution in [1.29, 1.82) is 0 Å². The third-order valence-electron chi connectivity index (χ3n) is 1.65. The second kappa shape index (κ2) is 5.00. The Kier molecular flexibility index (Phi) is 3.68.